The van der Waals surface area contributed by atoms with Crippen molar-refractivity contribution in [3.63, 3.8) is 0 Å². The number of anilines is 1. The van der Waals surface area contributed by atoms with Gasteiger partial charge in [-0.1, -0.05) is 23.2 Å². The van der Waals surface area contributed by atoms with Gasteiger partial charge < -0.3 is 14.5 Å². The molecule has 37 heavy (non-hydrogen) atoms. The number of benzene rings is 2. The minimum absolute atomic E-state index is 0.159. The lowest BCUT2D eigenvalue weighted by molar-refractivity contribution is 0.0303. The molecule has 5 nitrogen and oxygen atoms in total. The number of nitrogens with zero attached hydrogens (tertiary/aromatic N) is 3. The van der Waals surface area contributed by atoms with Crippen molar-refractivity contribution < 1.29 is 18.3 Å². The Bertz CT molecular complexity index is 1240. The van der Waals surface area contributed by atoms with Crippen molar-refractivity contribution in [1.82, 2.24) is 9.88 Å². The summed E-state index contributed by atoms with van der Waals surface area (Å²) in [4.78, 5) is 20.8. The van der Waals surface area contributed by atoms with Gasteiger partial charge in [-0.05, 0) is 74.9 Å². The first-order valence-electron chi connectivity index (χ1n) is 11.5. The Kier molecular flexibility index (Phi) is 9.67. The molecule has 0 fully saturated rings. The molecule has 0 aliphatic heterocycles. The summed E-state index contributed by atoms with van der Waals surface area (Å²) >= 11 is 13.9. The molecule has 0 radical (unpaired) electrons. The molecule has 1 heterocycles. The van der Waals surface area contributed by atoms with Gasteiger partial charge in [0.25, 0.3) is 0 Å². The summed E-state index contributed by atoms with van der Waals surface area (Å²) in [6.45, 7) is 6.26. The van der Waals surface area contributed by atoms with E-state index in [1.807, 2.05) is 44.9 Å². The van der Waals surface area contributed by atoms with Gasteiger partial charge in [0.1, 0.15) is 23.1 Å². The van der Waals surface area contributed by atoms with Crippen molar-refractivity contribution in [2.24, 2.45) is 0 Å². The maximum absolute atomic E-state index is 14.9. The third-order valence-corrected chi connectivity index (χ3v) is 7.18. The maximum Gasteiger partial charge on any atom is 0.410 e. The van der Waals surface area contributed by atoms with E-state index in [9.17, 15) is 13.6 Å². The van der Waals surface area contributed by atoms with Crippen LogP contribution in [-0.4, -0.2) is 48.8 Å². The molecule has 0 N–H and O–H groups in total. The highest BCUT2D eigenvalue weighted by Gasteiger charge is 2.25. The van der Waals surface area contributed by atoms with Gasteiger partial charge in [-0.3, -0.25) is 0 Å². The second kappa shape index (κ2) is 12.3. The molecule has 1 atom stereocenters. The van der Waals surface area contributed by atoms with Crippen LogP contribution in [0.1, 0.15) is 37.1 Å². The standard InChI is InChI=1S/C27H29Cl2F2N3O2S/c1-27(2,3)36-26(35)34(5)13-12-33(4)24-15-20(22(29)16-32-24)25(21-14-18(30)8-11-23(21)31)37-19-9-6-17(28)7-10-19/h6-11,14-16,25H,12-13H2,1-5H3. The fourth-order valence-electron chi connectivity index (χ4n) is 3.36. The molecule has 0 saturated carbocycles. The van der Waals surface area contributed by atoms with E-state index in [-0.39, 0.29) is 5.56 Å². The summed E-state index contributed by atoms with van der Waals surface area (Å²) in [6.07, 6.45) is 1.07. The van der Waals surface area contributed by atoms with Crippen LogP contribution in [0.3, 0.4) is 0 Å². The van der Waals surface area contributed by atoms with Gasteiger partial charge in [0, 0.05) is 48.9 Å². The molecule has 0 aliphatic carbocycles. The number of amides is 1. The largest absolute Gasteiger partial charge is 0.444 e. The normalized spacial score (nSPS) is 12.2. The third kappa shape index (κ3) is 8.22. The van der Waals surface area contributed by atoms with E-state index in [0.717, 1.165) is 17.0 Å². The SMILES string of the molecule is CN(CCN(C)c1cc(C(Sc2ccc(Cl)cc2)c2cc(F)ccc2F)c(Cl)cn1)C(=O)OC(C)(C)C. The van der Waals surface area contributed by atoms with Crippen molar-refractivity contribution in [2.75, 3.05) is 32.1 Å². The highest BCUT2D eigenvalue weighted by atomic mass is 35.5. The maximum atomic E-state index is 14.9. The second-order valence-electron chi connectivity index (χ2n) is 9.51. The fourth-order valence-corrected chi connectivity index (χ4v) is 4.96. The first kappa shape index (κ1) is 29.0. The van der Waals surface area contributed by atoms with Crippen molar-refractivity contribution in [3.8, 4) is 0 Å². The summed E-state index contributed by atoms with van der Waals surface area (Å²) in [5, 5.41) is 0.224. The van der Waals surface area contributed by atoms with Gasteiger partial charge in [-0.2, -0.15) is 0 Å². The second-order valence-corrected chi connectivity index (χ2v) is 11.5. The van der Waals surface area contributed by atoms with E-state index >= 15 is 0 Å². The molecule has 0 aliphatic rings. The fraction of sp³-hybridized carbons (Fsp3) is 0.333. The van der Waals surface area contributed by atoms with Gasteiger partial charge in [-0.15, -0.1) is 11.8 Å². The van der Waals surface area contributed by atoms with Crippen LogP contribution >= 0.6 is 35.0 Å². The quantitative estimate of drug-likeness (QED) is 0.259. The predicted molar refractivity (Wildman–Crippen MR) is 147 cm³/mol. The number of pyridine rings is 1. The number of aromatic nitrogens is 1. The molecular formula is C27H29Cl2F2N3O2S. The summed E-state index contributed by atoms with van der Waals surface area (Å²) < 4.78 is 34.5. The summed E-state index contributed by atoms with van der Waals surface area (Å²) in [5.41, 5.74) is 0.141. The molecule has 0 saturated heterocycles. The Hall–Kier alpha value is -2.55. The summed E-state index contributed by atoms with van der Waals surface area (Å²) in [6, 6.07) is 12.2. The molecular weight excluding hydrogens is 539 g/mol. The Morgan fingerprint density at radius 3 is 2.35 bits per heavy atom. The van der Waals surface area contributed by atoms with Crippen molar-refractivity contribution in [2.45, 2.75) is 36.5 Å². The lowest BCUT2D eigenvalue weighted by atomic mass is 10.0. The van der Waals surface area contributed by atoms with Crippen LogP contribution in [0.25, 0.3) is 0 Å². The summed E-state index contributed by atoms with van der Waals surface area (Å²) in [5.74, 6) is -0.532. The van der Waals surface area contributed by atoms with Crippen molar-refractivity contribution >= 4 is 46.9 Å². The number of hydrogen-bond donors (Lipinski definition) is 0. The minimum Gasteiger partial charge on any atom is -0.444 e. The molecule has 198 valence electrons. The zero-order valence-corrected chi connectivity index (χ0v) is 23.6. The lowest BCUT2D eigenvalue weighted by Crippen LogP contribution is -2.38. The molecule has 3 rings (SSSR count). The number of likely N-dealkylation sites (N-methyl/N-ethyl adjacent to an activating group) is 2. The van der Waals surface area contributed by atoms with Gasteiger partial charge in [0.15, 0.2) is 0 Å². The van der Waals surface area contributed by atoms with E-state index in [1.54, 1.807) is 25.2 Å². The van der Waals surface area contributed by atoms with E-state index in [0.29, 0.717) is 34.5 Å². The third-order valence-electron chi connectivity index (χ3n) is 5.33. The zero-order chi connectivity index (χ0) is 27.3. The van der Waals surface area contributed by atoms with Crippen LogP contribution in [0.5, 0.6) is 0 Å². The van der Waals surface area contributed by atoms with E-state index in [1.165, 1.54) is 28.9 Å². The highest BCUT2D eigenvalue weighted by molar-refractivity contribution is 7.99. The Labute approximate surface area is 230 Å². The number of carbonyl (C=O) groups is 1. The number of rotatable bonds is 8. The van der Waals surface area contributed by atoms with Crippen LogP contribution in [0.15, 0.2) is 59.6 Å². The lowest BCUT2D eigenvalue weighted by Gasteiger charge is -2.27. The Morgan fingerprint density at radius 1 is 1.03 bits per heavy atom. The molecule has 0 spiro atoms. The zero-order valence-electron chi connectivity index (χ0n) is 21.3. The predicted octanol–water partition coefficient (Wildman–Crippen LogP) is 7.85. The Morgan fingerprint density at radius 2 is 1.70 bits per heavy atom. The van der Waals surface area contributed by atoms with Crippen LogP contribution in [0.4, 0.5) is 19.4 Å². The van der Waals surface area contributed by atoms with E-state index in [2.05, 4.69) is 4.98 Å². The van der Waals surface area contributed by atoms with Gasteiger partial charge in [-0.25, -0.2) is 18.6 Å². The van der Waals surface area contributed by atoms with Gasteiger partial charge in [0.2, 0.25) is 0 Å². The number of hydrogen-bond acceptors (Lipinski definition) is 5. The van der Waals surface area contributed by atoms with E-state index < -0.39 is 28.6 Å². The number of carbonyl (C=O) groups excluding carboxylic acids is 1. The van der Waals surface area contributed by atoms with Crippen LogP contribution in [0, 0.1) is 11.6 Å². The first-order valence-corrected chi connectivity index (χ1v) is 13.2. The monoisotopic (exact) mass is 567 g/mol. The van der Waals surface area contributed by atoms with Gasteiger partial charge in [0.05, 0.1) is 10.3 Å². The minimum atomic E-state index is -0.663. The molecule has 10 heteroatoms. The molecule has 2 aromatic carbocycles. The molecule has 1 unspecified atom stereocenters. The Balaban J connectivity index is 1.89. The summed E-state index contributed by atoms with van der Waals surface area (Å²) in [7, 11) is 3.49. The van der Waals surface area contributed by atoms with Crippen LogP contribution < -0.4 is 4.90 Å². The van der Waals surface area contributed by atoms with Crippen molar-refractivity contribution in [3.05, 3.63) is 87.5 Å². The van der Waals surface area contributed by atoms with Crippen LogP contribution in [-0.2, 0) is 4.74 Å². The van der Waals surface area contributed by atoms with Crippen molar-refractivity contribution in [1.29, 1.82) is 0 Å². The number of ether oxygens (including phenoxy) is 1. The van der Waals surface area contributed by atoms with Crippen LogP contribution in [0.2, 0.25) is 10.0 Å². The number of halogens is 4. The smallest absolute Gasteiger partial charge is 0.410 e. The molecule has 0 bridgehead atoms. The van der Waals surface area contributed by atoms with E-state index in [4.69, 9.17) is 27.9 Å². The van der Waals surface area contributed by atoms with Gasteiger partial charge >= 0.3 is 6.09 Å². The highest BCUT2D eigenvalue weighted by Crippen LogP contribution is 2.45. The average molecular weight is 569 g/mol. The molecule has 3 aromatic rings. The molecule has 1 aromatic heterocycles. The number of thioether (sulfide) groups is 1. The first-order chi connectivity index (χ1) is 17.3. The topological polar surface area (TPSA) is 45.7 Å². The average Bonchev–Trinajstić information content (AvgIpc) is 2.83. The molecule has 1 amide bonds.